The van der Waals surface area contributed by atoms with Crippen molar-refractivity contribution in [2.24, 2.45) is 11.7 Å². The molecule has 1 aromatic carbocycles. The molecule has 7 nitrogen and oxygen atoms in total. The van der Waals surface area contributed by atoms with E-state index in [1.807, 2.05) is 6.92 Å². The molecule has 0 saturated heterocycles. The second-order valence-corrected chi connectivity index (χ2v) is 7.48. The molecule has 2 rings (SSSR count). The SMILES string of the molecule is COc1cc(OC)c(S(=O)(=O)NC(C)(CN)C2CC2)c(OC)c1. The number of rotatable bonds is 8. The maximum Gasteiger partial charge on any atom is 0.248 e. The fourth-order valence-electron chi connectivity index (χ4n) is 2.61. The summed E-state index contributed by atoms with van der Waals surface area (Å²) in [5.41, 5.74) is 5.12. The highest BCUT2D eigenvalue weighted by Crippen LogP contribution is 2.42. The van der Waals surface area contributed by atoms with Gasteiger partial charge in [0.25, 0.3) is 0 Å². The molecular weight excluding hydrogens is 320 g/mol. The van der Waals surface area contributed by atoms with E-state index in [0.717, 1.165) is 12.8 Å². The van der Waals surface area contributed by atoms with Crippen LogP contribution >= 0.6 is 0 Å². The molecule has 0 amide bonds. The average molecular weight is 344 g/mol. The van der Waals surface area contributed by atoms with Crippen LogP contribution in [0.3, 0.4) is 0 Å². The highest BCUT2D eigenvalue weighted by Gasteiger charge is 2.44. The molecule has 130 valence electrons. The number of ether oxygens (including phenoxy) is 3. The molecule has 1 atom stereocenters. The minimum atomic E-state index is -3.88. The van der Waals surface area contributed by atoms with Crippen molar-refractivity contribution < 1.29 is 22.6 Å². The van der Waals surface area contributed by atoms with Crippen molar-refractivity contribution in [2.45, 2.75) is 30.2 Å². The lowest BCUT2D eigenvalue weighted by Gasteiger charge is -2.29. The summed E-state index contributed by atoms with van der Waals surface area (Å²) in [7, 11) is 0.402. The number of nitrogens with one attached hydrogen (secondary N) is 1. The van der Waals surface area contributed by atoms with E-state index >= 15 is 0 Å². The third-order valence-corrected chi connectivity index (χ3v) is 5.88. The fourth-order valence-corrected chi connectivity index (χ4v) is 4.39. The first kappa shape index (κ1) is 17.8. The normalized spacial score (nSPS) is 17.4. The van der Waals surface area contributed by atoms with Crippen LogP contribution in [-0.2, 0) is 10.0 Å². The minimum absolute atomic E-state index is 0.0522. The molecule has 0 spiro atoms. The molecule has 1 saturated carbocycles. The molecule has 3 N–H and O–H groups in total. The fraction of sp³-hybridized carbons (Fsp3) is 0.600. The third-order valence-electron chi connectivity index (χ3n) is 4.21. The molecule has 0 aliphatic heterocycles. The molecule has 0 bridgehead atoms. The number of hydrogen-bond acceptors (Lipinski definition) is 6. The first-order valence-electron chi connectivity index (χ1n) is 7.35. The van der Waals surface area contributed by atoms with Crippen molar-refractivity contribution in [3.05, 3.63) is 12.1 Å². The zero-order valence-electron chi connectivity index (χ0n) is 13.9. The van der Waals surface area contributed by atoms with Gasteiger partial charge >= 0.3 is 0 Å². The Kier molecular flexibility index (Phi) is 5.07. The number of hydrogen-bond donors (Lipinski definition) is 2. The summed E-state index contributed by atoms with van der Waals surface area (Å²) in [6.07, 6.45) is 1.93. The van der Waals surface area contributed by atoms with Crippen LogP contribution in [0, 0.1) is 5.92 Å². The zero-order valence-corrected chi connectivity index (χ0v) is 14.7. The Morgan fingerprint density at radius 3 is 2.04 bits per heavy atom. The minimum Gasteiger partial charge on any atom is -0.496 e. The van der Waals surface area contributed by atoms with Gasteiger partial charge in [-0.05, 0) is 25.7 Å². The quantitative estimate of drug-likeness (QED) is 0.733. The number of methoxy groups -OCH3 is 3. The van der Waals surface area contributed by atoms with Crippen LogP contribution in [0.1, 0.15) is 19.8 Å². The van der Waals surface area contributed by atoms with E-state index in [0.29, 0.717) is 5.75 Å². The van der Waals surface area contributed by atoms with Gasteiger partial charge in [0.15, 0.2) is 4.90 Å². The Morgan fingerprint density at radius 2 is 1.70 bits per heavy atom. The summed E-state index contributed by atoms with van der Waals surface area (Å²) in [6.45, 7) is 2.04. The van der Waals surface area contributed by atoms with Crippen molar-refractivity contribution >= 4 is 10.0 Å². The van der Waals surface area contributed by atoms with E-state index in [4.69, 9.17) is 19.9 Å². The van der Waals surface area contributed by atoms with Crippen molar-refractivity contribution in [3.63, 3.8) is 0 Å². The van der Waals surface area contributed by atoms with E-state index in [-0.39, 0.29) is 28.9 Å². The van der Waals surface area contributed by atoms with Gasteiger partial charge in [-0.2, -0.15) is 0 Å². The monoisotopic (exact) mass is 344 g/mol. The van der Waals surface area contributed by atoms with Crippen LogP contribution in [0.25, 0.3) is 0 Å². The maximum atomic E-state index is 12.9. The van der Waals surface area contributed by atoms with Crippen LogP contribution in [0.2, 0.25) is 0 Å². The van der Waals surface area contributed by atoms with Crippen molar-refractivity contribution in [1.29, 1.82) is 0 Å². The first-order chi connectivity index (χ1) is 10.8. The summed E-state index contributed by atoms with van der Waals surface area (Å²) >= 11 is 0. The standard InChI is InChI=1S/C15H24N2O5S/c1-15(9-16,10-5-6-10)17-23(18,19)14-12(21-3)7-11(20-2)8-13(14)22-4/h7-8,10,17H,5-6,9,16H2,1-4H3. The van der Waals surface area contributed by atoms with E-state index in [1.165, 1.54) is 33.5 Å². The summed E-state index contributed by atoms with van der Waals surface area (Å²) < 4.78 is 44.2. The van der Waals surface area contributed by atoms with E-state index in [9.17, 15) is 8.42 Å². The molecule has 1 unspecified atom stereocenters. The highest BCUT2D eigenvalue weighted by atomic mass is 32.2. The molecule has 1 aliphatic carbocycles. The Labute approximate surface area is 137 Å². The Bertz CT molecular complexity index is 647. The average Bonchev–Trinajstić information content (AvgIpc) is 3.38. The molecule has 1 fully saturated rings. The maximum absolute atomic E-state index is 12.9. The Morgan fingerprint density at radius 1 is 1.17 bits per heavy atom. The zero-order chi connectivity index (χ0) is 17.3. The predicted molar refractivity (Wildman–Crippen MR) is 86.6 cm³/mol. The van der Waals surface area contributed by atoms with Crippen LogP contribution in [0.4, 0.5) is 0 Å². The lowest BCUT2D eigenvalue weighted by Crippen LogP contribution is -2.53. The number of sulfonamides is 1. The summed E-state index contributed by atoms with van der Waals surface area (Å²) in [5.74, 6) is 1.01. The lowest BCUT2D eigenvalue weighted by molar-refractivity contribution is 0.352. The number of benzene rings is 1. The third kappa shape index (κ3) is 3.54. The van der Waals surface area contributed by atoms with Crippen LogP contribution in [0.15, 0.2) is 17.0 Å². The molecule has 23 heavy (non-hydrogen) atoms. The molecular formula is C15H24N2O5S. The van der Waals surface area contributed by atoms with Gasteiger partial charge in [-0.25, -0.2) is 13.1 Å². The topological polar surface area (TPSA) is 99.9 Å². The van der Waals surface area contributed by atoms with Crippen LogP contribution < -0.4 is 24.7 Å². The predicted octanol–water partition coefficient (Wildman–Crippen LogP) is 1.12. The second kappa shape index (κ2) is 6.54. The van der Waals surface area contributed by atoms with E-state index in [1.54, 1.807) is 0 Å². The van der Waals surface area contributed by atoms with E-state index < -0.39 is 15.6 Å². The van der Waals surface area contributed by atoms with Crippen LogP contribution in [0.5, 0.6) is 17.2 Å². The Balaban J connectivity index is 2.50. The molecule has 0 heterocycles. The van der Waals surface area contributed by atoms with Gasteiger partial charge in [0.2, 0.25) is 10.0 Å². The van der Waals surface area contributed by atoms with Crippen molar-refractivity contribution in [3.8, 4) is 17.2 Å². The van der Waals surface area contributed by atoms with Gasteiger partial charge < -0.3 is 19.9 Å². The smallest absolute Gasteiger partial charge is 0.248 e. The van der Waals surface area contributed by atoms with Gasteiger partial charge in [-0.1, -0.05) is 0 Å². The Hall–Kier alpha value is -1.51. The highest BCUT2D eigenvalue weighted by molar-refractivity contribution is 7.89. The first-order valence-corrected chi connectivity index (χ1v) is 8.83. The molecule has 1 aromatic rings. The van der Waals surface area contributed by atoms with Crippen LogP contribution in [-0.4, -0.2) is 41.8 Å². The summed E-state index contributed by atoms with van der Waals surface area (Å²) in [4.78, 5) is -0.0522. The summed E-state index contributed by atoms with van der Waals surface area (Å²) in [6, 6.07) is 3.02. The molecule has 0 aromatic heterocycles. The van der Waals surface area contributed by atoms with E-state index in [2.05, 4.69) is 4.72 Å². The largest absolute Gasteiger partial charge is 0.496 e. The van der Waals surface area contributed by atoms with Crippen molar-refractivity contribution in [1.82, 2.24) is 4.72 Å². The van der Waals surface area contributed by atoms with Gasteiger partial charge in [0, 0.05) is 24.2 Å². The number of nitrogens with two attached hydrogens (primary N) is 1. The molecule has 8 heteroatoms. The van der Waals surface area contributed by atoms with Gasteiger partial charge in [0.1, 0.15) is 17.2 Å². The van der Waals surface area contributed by atoms with Crippen molar-refractivity contribution in [2.75, 3.05) is 27.9 Å². The second-order valence-electron chi connectivity index (χ2n) is 5.86. The summed E-state index contributed by atoms with van der Waals surface area (Å²) in [5, 5.41) is 0. The molecule has 1 aliphatic rings. The molecule has 0 radical (unpaired) electrons. The van der Waals surface area contributed by atoms with Gasteiger partial charge in [-0.3, -0.25) is 0 Å². The lowest BCUT2D eigenvalue weighted by atomic mass is 9.98. The van der Waals surface area contributed by atoms with Gasteiger partial charge in [0.05, 0.1) is 21.3 Å². The van der Waals surface area contributed by atoms with Gasteiger partial charge in [-0.15, -0.1) is 0 Å².